The number of aryl methyl sites for hydroxylation is 1. The predicted octanol–water partition coefficient (Wildman–Crippen LogP) is 3.88. The van der Waals surface area contributed by atoms with Crippen molar-refractivity contribution in [3.05, 3.63) is 57.8 Å². The van der Waals surface area contributed by atoms with Crippen molar-refractivity contribution in [1.82, 2.24) is 24.6 Å². The summed E-state index contributed by atoms with van der Waals surface area (Å²) in [5.41, 5.74) is 0.528. The van der Waals surface area contributed by atoms with Crippen LogP contribution in [0.15, 0.2) is 35.8 Å². The Hall–Kier alpha value is -2.92. The van der Waals surface area contributed by atoms with Gasteiger partial charge in [-0.2, -0.15) is 18.3 Å². The maximum absolute atomic E-state index is 13.1. The molecule has 0 radical (unpaired) electrons. The van der Waals surface area contributed by atoms with Gasteiger partial charge in [-0.25, -0.2) is 9.67 Å². The van der Waals surface area contributed by atoms with Crippen molar-refractivity contribution in [3.8, 4) is 11.4 Å². The van der Waals surface area contributed by atoms with Crippen LogP contribution in [0.5, 0.6) is 5.75 Å². The van der Waals surface area contributed by atoms with Gasteiger partial charge in [-0.3, -0.25) is 9.69 Å². The van der Waals surface area contributed by atoms with Crippen molar-refractivity contribution in [1.29, 1.82) is 0 Å². The zero-order valence-corrected chi connectivity index (χ0v) is 19.1. The van der Waals surface area contributed by atoms with Gasteiger partial charge < -0.3 is 9.64 Å². The van der Waals surface area contributed by atoms with E-state index in [9.17, 15) is 18.0 Å². The summed E-state index contributed by atoms with van der Waals surface area (Å²) in [6, 6.07) is 4.78. The molecule has 176 valence electrons. The molecule has 11 heteroatoms. The first-order valence-corrected chi connectivity index (χ1v) is 11.4. The minimum atomic E-state index is -4.47. The first kappa shape index (κ1) is 23.2. The van der Waals surface area contributed by atoms with E-state index in [1.165, 1.54) is 30.1 Å². The Balaban J connectivity index is 1.45. The minimum Gasteiger partial charge on any atom is -0.493 e. The fourth-order valence-electron chi connectivity index (χ4n) is 3.68. The molecule has 2 aromatic heterocycles. The number of alkyl halides is 3. The maximum Gasteiger partial charge on any atom is 0.416 e. The minimum absolute atomic E-state index is 0.0791. The topological polar surface area (TPSA) is 63.5 Å². The summed E-state index contributed by atoms with van der Waals surface area (Å²) in [5.74, 6) is -0.0893. The Bertz CT molecular complexity index is 1120. The monoisotopic (exact) mass is 479 g/mol. The van der Waals surface area contributed by atoms with Gasteiger partial charge in [0.25, 0.3) is 5.91 Å². The molecule has 1 saturated heterocycles. The smallest absolute Gasteiger partial charge is 0.416 e. The van der Waals surface area contributed by atoms with Crippen LogP contribution in [0.3, 0.4) is 0 Å². The number of benzene rings is 1. The highest BCUT2D eigenvalue weighted by atomic mass is 32.1. The summed E-state index contributed by atoms with van der Waals surface area (Å²) >= 11 is 1.66. The molecule has 1 aliphatic rings. The second-order valence-corrected chi connectivity index (χ2v) is 8.64. The maximum atomic E-state index is 13.1. The predicted molar refractivity (Wildman–Crippen MR) is 118 cm³/mol. The lowest BCUT2D eigenvalue weighted by molar-refractivity contribution is -0.137. The lowest BCUT2D eigenvalue weighted by atomic mass is 10.2. The van der Waals surface area contributed by atoms with Gasteiger partial charge in [-0.15, -0.1) is 11.3 Å². The summed E-state index contributed by atoms with van der Waals surface area (Å²) in [5, 5.41) is 7.44. The molecular formula is C22H24F3N5O2S. The van der Waals surface area contributed by atoms with Gasteiger partial charge >= 0.3 is 6.18 Å². The Morgan fingerprint density at radius 2 is 1.97 bits per heavy atom. The fraction of sp³-hybridized carbons (Fsp3) is 0.409. The van der Waals surface area contributed by atoms with E-state index < -0.39 is 11.7 Å². The van der Waals surface area contributed by atoms with Crippen LogP contribution in [0.1, 0.15) is 33.7 Å². The molecule has 1 amide bonds. The first-order valence-electron chi connectivity index (χ1n) is 10.5. The van der Waals surface area contributed by atoms with Gasteiger partial charge in [-0.1, -0.05) is 13.0 Å². The Labute approximate surface area is 193 Å². The first-order chi connectivity index (χ1) is 15.8. The third-order valence-electron chi connectivity index (χ3n) is 5.49. The van der Waals surface area contributed by atoms with E-state index in [-0.39, 0.29) is 23.0 Å². The number of rotatable bonds is 6. The van der Waals surface area contributed by atoms with Crippen molar-refractivity contribution in [2.24, 2.45) is 0 Å². The van der Waals surface area contributed by atoms with E-state index in [0.717, 1.165) is 35.8 Å². The van der Waals surface area contributed by atoms with Crippen molar-refractivity contribution in [2.75, 3.05) is 33.3 Å². The van der Waals surface area contributed by atoms with Crippen LogP contribution in [0.2, 0.25) is 0 Å². The summed E-state index contributed by atoms with van der Waals surface area (Å²) in [7, 11) is 1.40. The highest BCUT2D eigenvalue weighted by Crippen LogP contribution is 2.31. The number of carbonyl (C=O) groups excluding carboxylic acids is 1. The summed E-state index contributed by atoms with van der Waals surface area (Å²) in [6.07, 6.45) is -2.13. The number of methoxy groups -OCH3 is 1. The van der Waals surface area contributed by atoms with Gasteiger partial charge in [0.1, 0.15) is 0 Å². The summed E-state index contributed by atoms with van der Waals surface area (Å²) in [4.78, 5) is 21.7. The van der Waals surface area contributed by atoms with Gasteiger partial charge in [0.2, 0.25) is 0 Å². The molecule has 0 unspecified atom stereocenters. The van der Waals surface area contributed by atoms with E-state index in [1.54, 1.807) is 16.2 Å². The number of hydrogen-bond donors (Lipinski definition) is 0. The molecule has 0 N–H and O–H groups in total. The average molecular weight is 480 g/mol. The van der Waals surface area contributed by atoms with E-state index in [2.05, 4.69) is 27.3 Å². The zero-order valence-electron chi connectivity index (χ0n) is 18.3. The van der Waals surface area contributed by atoms with Crippen molar-refractivity contribution >= 4 is 17.2 Å². The standard InChI is InChI=1S/C22H24F3N5O2S/c1-3-19-26-16(14-33-19)12-28-7-9-29(10-8-28)21(31)20-18(32-2)13-30(27-20)17-6-4-5-15(11-17)22(23,24)25/h4-6,11,13-14H,3,7-10,12H2,1-2H3. The highest BCUT2D eigenvalue weighted by molar-refractivity contribution is 7.09. The molecule has 0 aliphatic carbocycles. The number of nitrogens with zero attached hydrogens (tertiary/aromatic N) is 5. The molecular weight excluding hydrogens is 455 g/mol. The average Bonchev–Trinajstić information content (AvgIpc) is 3.45. The molecule has 3 aromatic rings. The van der Waals surface area contributed by atoms with Crippen LogP contribution >= 0.6 is 11.3 Å². The second-order valence-electron chi connectivity index (χ2n) is 7.69. The molecule has 0 bridgehead atoms. The SMILES string of the molecule is CCc1nc(CN2CCN(C(=O)c3nn(-c4cccc(C(F)(F)F)c4)cc3OC)CC2)cs1. The lowest BCUT2D eigenvalue weighted by Crippen LogP contribution is -2.48. The number of amides is 1. The van der Waals surface area contributed by atoms with Crippen LogP contribution in [0, 0.1) is 0 Å². The van der Waals surface area contributed by atoms with Crippen LogP contribution in [-0.4, -0.2) is 63.8 Å². The second kappa shape index (κ2) is 9.52. The van der Waals surface area contributed by atoms with E-state index >= 15 is 0 Å². The normalized spacial score (nSPS) is 15.1. The molecule has 0 spiro atoms. The molecule has 33 heavy (non-hydrogen) atoms. The van der Waals surface area contributed by atoms with E-state index in [1.807, 2.05) is 0 Å². The molecule has 7 nitrogen and oxygen atoms in total. The molecule has 3 heterocycles. The summed E-state index contributed by atoms with van der Waals surface area (Å²) in [6.45, 7) is 5.25. The van der Waals surface area contributed by atoms with E-state index in [0.29, 0.717) is 26.2 Å². The number of hydrogen-bond acceptors (Lipinski definition) is 6. The number of carbonyl (C=O) groups is 1. The lowest BCUT2D eigenvalue weighted by Gasteiger charge is -2.34. The van der Waals surface area contributed by atoms with Crippen molar-refractivity contribution in [2.45, 2.75) is 26.1 Å². The van der Waals surface area contributed by atoms with Crippen molar-refractivity contribution in [3.63, 3.8) is 0 Å². The molecule has 1 aromatic carbocycles. The number of halogens is 3. The molecule has 4 rings (SSSR count). The fourth-order valence-corrected chi connectivity index (χ4v) is 4.42. The van der Waals surface area contributed by atoms with E-state index in [4.69, 9.17) is 4.74 Å². The quantitative estimate of drug-likeness (QED) is 0.537. The highest BCUT2D eigenvalue weighted by Gasteiger charge is 2.31. The molecule has 1 fully saturated rings. The van der Waals surface area contributed by atoms with Crippen LogP contribution in [-0.2, 0) is 19.1 Å². The third kappa shape index (κ3) is 5.19. The van der Waals surface area contributed by atoms with Gasteiger partial charge in [0.15, 0.2) is 11.4 Å². The van der Waals surface area contributed by atoms with Crippen molar-refractivity contribution < 1.29 is 22.7 Å². The van der Waals surface area contributed by atoms with Crippen LogP contribution in [0.25, 0.3) is 5.69 Å². The third-order valence-corrected chi connectivity index (χ3v) is 6.53. The number of piperazine rings is 1. The zero-order chi connectivity index (χ0) is 23.6. The van der Waals surface area contributed by atoms with Crippen LogP contribution < -0.4 is 4.74 Å². The van der Waals surface area contributed by atoms with Crippen LogP contribution in [0.4, 0.5) is 13.2 Å². The van der Waals surface area contributed by atoms with Gasteiger partial charge in [0.05, 0.1) is 35.3 Å². The van der Waals surface area contributed by atoms with Gasteiger partial charge in [0, 0.05) is 38.1 Å². The molecule has 0 atom stereocenters. The summed E-state index contributed by atoms with van der Waals surface area (Å²) < 4.78 is 45.8. The largest absolute Gasteiger partial charge is 0.493 e. The number of aromatic nitrogens is 3. The number of thiazole rings is 1. The molecule has 1 aliphatic heterocycles. The van der Waals surface area contributed by atoms with Gasteiger partial charge in [-0.05, 0) is 24.6 Å². The number of ether oxygens (including phenoxy) is 1. The Morgan fingerprint density at radius 1 is 1.21 bits per heavy atom. The Morgan fingerprint density at radius 3 is 2.61 bits per heavy atom. The molecule has 0 saturated carbocycles. The Kier molecular flexibility index (Phi) is 6.71.